The van der Waals surface area contributed by atoms with Gasteiger partial charge in [-0.25, -0.2) is 0 Å². The molecule has 2 N–H and O–H groups in total. The Morgan fingerprint density at radius 1 is 0.788 bits per heavy atom. The minimum Gasteiger partial charge on any atom is -0.322 e. The molecule has 0 radical (unpaired) electrons. The molecule has 8 heteroatoms. The quantitative estimate of drug-likeness (QED) is 0.594. The Kier molecular flexibility index (Phi) is 5.51. The molecule has 0 unspecified atom stereocenters. The van der Waals surface area contributed by atoms with Crippen LogP contribution >= 0.6 is 0 Å². The Bertz CT molecular complexity index is 1260. The molecule has 0 saturated heterocycles. The number of carbonyl (C=O) groups excluding carboxylic acids is 4. The molecular formula is C25H22N4O4. The van der Waals surface area contributed by atoms with Gasteiger partial charge in [-0.15, -0.1) is 0 Å². The van der Waals surface area contributed by atoms with Crippen molar-refractivity contribution in [1.82, 2.24) is 9.88 Å². The van der Waals surface area contributed by atoms with Crippen LogP contribution < -0.4 is 10.6 Å². The fourth-order valence-corrected chi connectivity index (χ4v) is 3.53. The van der Waals surface area contributed by atoms with E-state index in [2.05, 4.69) is 15.6 Å². The predicted molar refractivity (Wildman–Crippen MR) is 123 cm³/mol. The van der Waals surface area contributed by atoms with Crippen LogP contribution in [0.1, 0.15) is 62.2 Å². The highest BCUT2D eigenvalue weighted by atomic mass is 16.2. The Morgan fingerprint density at radius 3 is 1.91 bits per heavy atom. The van der Waals surface area contributed by atoms with Crippen LogP contribution in [0.15, 0.2) is 67.0 Å². The molecule has 2 heterocycles. The van der Waals surface area contributed by atoms with Gasteiger partial charge in [0.1, 0.15) is 0 Å². The number of amides is 4. The first-order valence-electron chi connectivity index (χ1n) is 10.3. The van der Waals surface area contributed by atoms with Crippen molar-refractivity contribution in [3.63, 3.8) is 0 Å². The molecule has 8 nitrogen and oxygen atoms in total. The maximum absolute atomic E-state index is 12.8. The number of imide groups is 1. The zero-order valence-corrected chi connectivity index (χ0v) is 18.4. The van der Waals surface area contributed by atoms with E-state index in [9.17, 15) is 19.2 Å². The van der Waals surface area contributed by atoms with E-state index in [-0.39, 0.29) is 22.9 Å². The van der Waals surface area contributed by atoms with Crippen LogP contribution in [0.3, 0.4) is 0 Å². The second-order valence-corrected chi connectivity index (χ2v) is 8.60. The number of benzene rings is 2. The van der Waals surface area contributed by atoms with Gasteiger partial charge in [-0.3, -0.25) is 29.1 Å². The number of fused-ring (bicyclic) bond motifs is 1. The van der Waals surface area contributed by atoms with E-state index in [1.54, 1.807) is 63.4 Å². The van der Waals surface area contributed by atoms with Crippen molar-refractivity contribution in [2.75, 3.05) is 10.6 Å². The number of hydrogen-bond donors (Lipinski definition) is 2. The van der Waals surface area contributed by atoms with Crippen LogP contribution in [0.5, 0.6) is 0 Å². The first kappa shape index (κ1) is 21.9. The van der Waals surface area contributed by atoms with E-state index in [1.807, 2.05) is 0 Å². The van der Waals surface area contributed by atoms with E-state index in [0.29, 0.717) is 22.5 Å². The summed E-state index contributed by atoms with van der Waals surface area (Å²) in [6.07, 6.45) is 3.06. The average molecular weight is 442 g/mol. The van der Waals surface area contributed by atoms with E-state index in [4.69, 9.17) is 0 Å². The van der Waals surface area contributed by atoms with Crippen molar-refractivity contribution in [2.24, 2.45) is 0 Å². The molecule has 0 aliphatic carbocycles. The Balaban J connectivity index is 1.45. The number of pyridine rings is 1. The third-order valence-electron chi connectivity index (χ3n) is 5.14. The third kappa shape index (κ3) is 4.36. The molecule has 1 aliphatic rings. The zero-order valence-electron chi connectivity index (χ0n) is 18.4. The molecule has 4 rings (SSSR count). The minimum atomic E-state index is -0.663. The molecule has 166 valence electrons. The predicted octanol–water partition coefficient (Wildman–Crippen LogP) is 3.98. The average Bonchev–Trinajstić information content (AvgIpc) is 3.05. The fourth-order valence-electron chi connectivity index (χ4n) is 3.53. The molecule has 1 aromatic heterocycles. The normalized spacial score (nSPS) is 13.0. The summed E-state index contributed by atoms with van der Waals surface area (Å²) in [5.41, 5.74) is 1.62. The van der Waals surface area contributed by atoms with Crippen LogP contribution in [0, 0.1) is 0 Å². The molecule has 0 atom stereocenters. The highest BCUT2D eigenvalue weighted by Crippen LogP contribution is 2.30. The summed E-state index contributed by atoms with van der Waals surface area (Å²) in [5, 5.41) is 5.52. The number of hydrogen-bond acceptors (Lipinski definition) is 5. The summed E-state index contributed by atoms with van der Waals surface area (Å²) in [5.74, 6) is -1.48. The maximum atomic E-state index is 12.8. The number of nitrogens with zero attached hydrogens (tertiary/aromatic N) is 2. The van der Waals surface area contributed by atoms with Gasteiger partial charge in [0, 0.05) is 34.9 Å². The van der Waals surface area contributed by atoms with Gasteiger partial charge in [0.2, 0.25) is 0 Å². The van der Waals surface area contributed by atoms with E-state index < -0.39 is 17.4 Å². The number of rotatable bonds is 4. The lowest BCUT2D eigenvalue weighted by molar-refractivity contribution is 0.0507. The summed E-state index contributed by atoms with van der Waals surface area (Å²) in [6.45, 7) is 5.35. The van der Waals surface area contributed by atoms with Gasteiger partial charge in [-0.05, 0) is 75.4 Å². The van der Waals surface area contributed by atoms with Gasteiger partial charge in [0.15, 0.2) is 0 Å². The maximum Gasteiger partial charge on any atom is 0.262 e. The number of anilines is 2. The molecule has 0 saturated carbocycles. The number of nitrogens with one attached hydrogen (secondary N) is 2. The van der Waals surface area contributed by atoms with Crippen LogP contribution in [-0.4, -0.2) is 39.1 Å². The van der Waals surface area contributed by atoms with Crippen molar-refractivity contribution in [3.05, 3.63) is 89.2 Å². The van der Waals surface area contributed by atoms with Crippen molar-refractivity contribution in [2.45, 2.75) is 26.3 Å². The Hall–Kier alpha value is -4.33. The van der Waals surface area contributed by atoms with Gasteiger partial charge >= 0.3 is 0 Å². The minimum absolute atomic E-state index is 0.219. The second-order valence-electron chi connectivity index (χ2n) is 8.60. The van der Waals surface area contributed by atoms with Gasteiger partial charge < -0.3 is 10.6 Å². The first-order valence-corrected chi connectivity index (χ1v) is 10.3. The Morgan fingerprint density at radius 2 is 1.36 bits per heavy atom. The van der Waals surface area contributed by atoms with Crippen LogP contribution in [-0.2, 0) is 0 Å². The second kappa shape index (κ2) is 8.31. The van der Waals surface area contributed by atoms with Crippen LogP contribution in [0.2, 0.25) is 0 Å². The molecule has 3 aromatic rings. The molecule has 2 aromatic carbocycles. The standard InChI is InChI=1S/C25H22N4O4/c1-25(2,3)29-23(32)19-11-6-15(13-20(19)24(29)33)21(30)27-17-7-9-18(10-8-17)28-22(31)16-5-4-12-26-14-16/h4-14H,1-3H3,(H,27,30)(H,28,31). The highest BCUT2D eigenvalue weighted by Gasteiger charge is 2.42. The molecule has 0 fully saturated rings. The summed E-state index contributed by atoms with van der Waals surface area (Å²) < 4.78 is 0. The lowest BCUT2D eigenvalue weighted by Gasteiger charge is -2.29. The first-order chi connectivity index (χ1) is 15.6. The summed E-state index contributed by atoms with van der Waals surface area (Å²) in [6, 6.07) is 14.4. The van der Waals surface area contributed by atoms with Gasteiger partial charge in [-0.2, -0.15) is 0 Å². The highest BCUT2D eigenvalue weighted by molar-refractivity contribution is 6.22. The summed E-state index contributed by atoms with van der Waals surface area (Å²) >= 11 is 0. The van der Waals surface area contributed by atoms with Crippen molar-refractivity contribution in [1.29, 1.82) is 0 Å². The molecule has 0 spiro atoms. The van der Waals surface area contributed by atoms with Gasteiger partial charge in [0.25, 0.3) is 23.6 Å². The zero-order chi connectivity index (χ0) is 23.8. The molecule has 0 bridgehead atoms. The SMILES string of the molecule is CC(C)(C)N1C(=O)c2ccc(C(=O)Nc3ccc(NC(=O)c4cccnc4)cc3)cc2C1=O. The van der Waals surface area contributed by atoms with Crippen LogP contribution in [0.4, 0.5) is 11.4 Å². The lowest BCUT2D eigenvalue weighted by Crippen LogP contribution is -2.45. The van der Waals surface area contributed by atoms with E-state index in [0.717, 1.165) is 0 Å². The summed E-state index contributed by atoms with van der Waals surface area (Å²) in [7, 11) is 0. The van der Waals surface area contributed by atoms with Gasteiger partial charge in [0.05, 0.1) is 16.7 Å². The van der Waals surface area contributed by atoms with Gasteiger partial charge in [-0.1, -0.05) is 0 Å². The topological polar surface area (TPSA) is 108 Å². The van der Waals surface area contributed by atoms with E-state index >= 15 is 0 Å². The fraction of sp³-hybridized carbons (Fsp3) is 0.160. The van der Waals surface area contributed by atoms with Crippen molar-refractivity contribution >= 4 is 35.0 Å². The van der Waals surface area contributed by atoms with Crippen molar-refractivity contribution < 1.29 is 19.2 Å². The monoisotopic (exact) mass is 442 g/mol. The largest absolute Gasteiger partial charge is 0.322 e. The number of carbonyl (C=O) groups is 4. The third-order valence-corrected chi connectivity index (χ3v) is 5.14. The van der Waals surface area contributed by atoms with Crippen LogP contribution in [0.25, 0.3) is 0 Å². The molecule has 1 aliphatic heterocycles. The molecule has 33 heavy (non-hydrogen) atoms. The Labute approximate surface area is 190 Å². The number of aromatic nitrogens is 1. The van der Waals surface area contributed by atoms with E-state index in [1.165, 1.54) is 29.3 Å². The summed E-state index contributed by atoms with van der Waals surface area (Å²) in [4.78, 5) is 55.4. The van der Waals surface area contributed by atoms with Crippen molar-refractivity contribution in [3.8, 4) is 0 Å². The molecular weight excluding hydrogens is 420 g/mol. The molecule has 4 amide bonds. The smallest absolute Gasteiger partial charge is 0.262 e. The lowest BCUT2D eigenvalue weighted by atomic mass is 10.1.